The Labute approximate surface area is 190 Å². The Kier molecular flexibility index (Phi) is 7.02. The molecule has 0 saturated carbocycles. The molecule has 1 unspecified atom stereocenters. The van der Waals surface area contributed by atoms with Crippen molar-refractivity contribution in [1.82, 2.24) is 10.9 Å². The van der Waals surface area contributed by atoms with E-state index in [1.54, 1.807) is 30.3 Å². The van der Waals surface area contributed by atoms with Crippen molar-refractivity contribution in [2.24, 2.45) is 0 Å². The van der Waals surface area contributed by atoms with Crippen molar-refractivity contribution in [3.63, 3.8) is 0 Å². The van der Waals surface area contributed by atoms with Crippen LogP contribution in [0, 0.1) is 0 Å². The molecular weight excluding hydrogens is 420 g/mol. The Balaban J connectivity index is 1.36. The van der Waals surface area contributed by atoms with Crippen LogP contribution in [0.5, 0.6) is 11.5 Å². The molecule has 7 heteroatoms. The summed E-state index contributed by atoms with van der Waals surface area (Å²) >= 11 is 0. The fourth-order valence-electron chi connectivity index (χ4n) is 3.03. The zero-order chi connectivity index (χ0) is 22.9. The molecule has 0 radical (unpaired) electrons. The second-order valence-electron chi connectivity index (χ2n) is 7.03. The van der Waals surface area contributed by atoms with E-state index in [2.05, 4.69) is 10.9 Å². The minimum atomic E-state index is -0.958. The van der Waals surface area contributed by atoms with Crippen LogP contribution in [0.25, 0.3) is 0 Å². The van der Waals surface area contributed by atoms with Crippen molar-refractivity contribution in [3.05, 3.63) is 120 Å². The molecule has 0 aliphatic heterocycles. The predicted octanol–water partition coefficient (Wildman–Crippen LogP) is 4.44. The van der Waals surface area contributed by atoms with Crippen LogP contribution < -0.4 is 20.3 Å². The number of para-hydroxylation sites is 2. The minimum Gasteiger partial charge on any atom is -0.486 e. The number of hydrogen-bond donors (Lipinski definition) is 2. The topological polar surface area (TPSA) is 89.8 Å². The van der Waals surface area contributed by atoms with Gasteiger partial charge in [-0.1, -0.05) is 66.7 Å². The summed E-state index contributed by atoms with van der Waals surface area (Å²) in [5.74, 6) is 0.616. The average molecular weight is 442 g/mol. The number of ether oxygens (including phenoxy) is 2. The maximum atomic E-state index is 12.8. The average Bonchev–Trinajstić information content (AvgIpc) is 3.35. The summed E-state index contributed by atoms with van der Waals surface area (Å²) in [5, 5.41) is 0. The van der Waals surface area contributed by atoms with Crippen LogP contribution in [-0.2, 0) is 11.4 Å². The van der Waals surface area contributed by atoms with Crippen molar-refractivity contribution in [1.29, 1.82) is 0 Å². The summed E-state index contributed by atoms with van der Waals surface area (Å²) in [6, 6.07) is 30.4. The van der Waals surface area contributed by atoms with Crippen LogP contribution in [0.3, 0.4) is 0 Å². The number of hydrazine groups is 1. The van der Waals surface area contributed by atoms with E-state index in [0.717, 1.165) is 0 Å². The van der Waals surface area contributed by atoms with E-state index in [0.29, 0.717) is 22.8 Å². The van der Waals surface area contributed by atoms with Gasteiger partial charge in [-0.2, -0.15) is 0 Å². The highest BCUT2D eigenvalue weighted by Crippen LogP contribution is 2.22. The molecule has 3 aromatic carbocycles. The van der Waals surface area contributed by atoms with E-state index >= 15 is 0 Å². The highest BCUT2D eigenvalue weighted by atomic mass is 16.5. The summed E-state index contributed by atoms with van der Waals surface area (Å²) in [6.45, 7) is 0.171. The summed E-state index contributed by atoms with van der Waals surface area (Å²) in [6.07, 6.45) is -0.958. The van der Waals surface area contributed by atoms with E-state index in [1.807, 2.05) is 66.7 Å². The number of hydrogen-bond acceptors (Lipinski definition) is 5. The Bertz CT molecular complexity index is 1180. The number of furan rings is 1. The number of amides is 2. The molecule has 1 aromatic heterocycles. The lowest BCUT2D eigenvalue weighted by atomic mass is 10.1. The van der Waals surface area contributed by atoms with Gasteiger partial charge in [-0.05, 0) is 36.4 Å². The molecule has 4 rings (SSSR count). The summed E-state index contributed by atoms with van der Waals surface area (Å²) in [7, 11) is 0. The first kappa shape index (κ1) is 21.7. The molecule has 1 atom stereocenters. The molecule has 2 amide bonds. The SMILES string of the molecule is O=C(NNC(=O)C(Oc1ccccc1)c1ccccc1)c1ccc(COc2ccccc2)o1. The van der Waals surface area contributed by atoms with Gasteiger partial charge in [-0.25, -0.2) is 0 Å². The first-order chi connectivity index (χ1) is 16.2. The number of benzene rings is 3. The molecule has 0 saturated heterocycles. The molecule has 0 aliphatic carbocycles. The van der Waals surface area contributed by atoms with Gasteiger partial charge in [0, 0.05) is 5.56 Å². The first-order valence-corrected chi connectivity index (χ1v) is 10.3. The third-order valence-electron chi connectivity index (χ3n) is 4.65. The van der Waals surface area contributed by atoms with Gasteiger partial charge in [0.05, 0.1) is 0 Å². The molecule has 7 nitrogen and oxygen atoms in total. The number of carbonyl (C=O) groups is 2. The molecule has 0 aliphatic rings. The number of rotatable bonds is 8. The normalized spacial score (nSPS) is 11.3. The van der Waals surface area contributed by atoms with E-state index < -0.39 is 17.9 Å². The van der Waals surface area contributed by atoms with Crippen LogP contribution in [-0.4, -0.2) is 11.8 Å². The van der Waals surface area contributed by atoms with Gasteiger partial charge in [0.15, 0.2) is 5.76 Å². The van der Waals surface area contributed by atoms with E-state index in [4.69, 9.17) is 13.9 Å². The second-order valence-corrected chi connectivity index (χ2v) is 7.03. The maximum Gasteiger partial charge on any atom is 0.305 e. The highest BCUT2D eigenvalue weighted by Gasteiger charge is 2.24. The molecule has 4 aromatic rings. The lowest BCUT2D eigenvalue weighted by Gasteiger charge is -2.19. The van der Waals surface area contributed by atoms with Gasteiger partial charge in [-0.15, -0.1) is 0 Å². The smallest absolute Gasteiger partial charge is 0.305 e. The largest absolute Gasteiger partial charge is 0.486 e. The van der Waals surface area contributed by atoms with Crippen LogP contribution in [0.2, 0.25) is 0 Å². The Morgan fingerprint density at radius 3 is 2.00 bits per heavy atom. The molecule has 2 N–H and O–H groups in total. The van der Waals surface area contributed by atoms with E-state index in [9.17, 15) is 9.59 Å². The predicted molar refractivity (Wildman–Crippen MR) is 121 cm³/mol. The quantitative estimate of drug-likeness (QED) is 0.394. The van der Waals surface area contributed by atoms with Crippen molar-refractivity contribution in [3.8, 4) is 11.5 Å². The molecule has 0 bridgehead atoms. The molecule has 0 spiro atoms. The number of nitrogens with one attached hydrogen (secondary N) is 2. The van der Waals surface area contributed by atoms with Gasteiger partial charge in [0.25, 0.3) is 5.91 Å². The zero-order valence-electron chi connectivity index (χ0n) is 17.6. The van der Waals surface area contributed by atoms with E-state index in [1.165, 1.54) is 6.07 Å². The number of carbonyl (C=O) groups excluding carboxylic acids is 2. The van der Waals surface area contributed by atoms with Crippen molar-refractivity contribution >= 4 is 11.8 Å². The molecule has 1 heterocycles. The standard InChI is InChI=1S/C26H22N2O5/c29-25(23-17-16-22(32-23)18-31-20-12-6-2-7-13-20)27-28-26(30)24(19-10-4-1-5-11-19)33-21-14-8-3-9-15-21/h1-17,24H,18H2,(H,27,29)(H,28,30). The first-order valence-electron chi connectivity index (χ1n) is 10.3. The van der Waals surface area contributed by atoms with Crippen LogP contribution in [0.15, 0.2) is 108 Å². The van der Waals surface area contributed by atoms with Crippen molar-refractivity contribution < 1.29 is 23.5 Å². The van der Waals surface area contributed by atoms with Crippen LogP contribution in [0.4, 0.5) is 0 Å². The van der Waals surface area contributed by atoms with Crippen LogP contribution >= 0.6 is 0 Å². The van der Waals surface area contributed by atoms with Crippen molar-refractivity contribution in [2.45, 2.75) is 12.7 Å². The van der Waals surface area contributed by atoms with Gasteiger partial charge in [0.1, 0.15) is 23.9 Å². The summed E-state index contributed by atoms with van der Waals surface area (Å²) < 4.78 is 17.0. The molecular formula is C26H22N2O5. The van der Waals surface area contributed by atoms with Crippen LogP contribution in [0.1, 0.15) is 28.0 Å². The third-order valence-corrected chi connectivity index (χ3v) is 4.65. The Morgan fingerprint density at radius 2 is 1.33 bits per heavy atom. The molecule has 0 fully saturated rings. The Morgan fingerprint density at radius 1 is 0.727 bits per heavy atom. The monoisotopic (exact) mass is 442 g/mol. The van der Waals surface area contributed by atoms with Gasteiger partial charge < -0.3 is 13.9 Å². The zero-order valence-corrected chi connectivity index (χ0v) is 17.6. The molecule has 166 valence electrons. The van der Waals surface area contributed by atoms with Gasteiger partial charge >= 0.3 is 5.91 Å². The lowest BCUT2D eigenvalue weighted by molar-refractivity contribution is -0.129. The van der Waals surface area contributed by atoms with E-state index in [-0.39, 0.29) is 12.4 Å². The molecule has 33 heavy (non-hydrogen) atoms. The Hall–Kier alpha value is -4.52. The fraction of sp³-hybridized carbons (Fsp3) is 0.0769. The minimum absolute atomic E-state index is 0.0437. The highest BCUT2D eigenvalue weighted by molar-refractivity contribution is 5.93. The summed E-state index contributed by atoms with van der Waals surface area (Å²) in [5.41, 5.74) is 5.43. The second kappa shape index (κ2) is 10.7. The maximum absolute atomic E-state index is 12.8. The van der Waals surface area contributed by atoms with Crippen molar-refractivity contribution in [2.75, 3.05) is 0 Å². The summed E-state index contributed by atoms with van der Waals surface area (Å²) in [4.78, 5) is 25.3. The lowest BCUT2D eigenvalue weighted by Crippen LogP contribution is -2.45. The van der Waals surface area contributed by atoms with Gasteiger partial charge in [0.2, 0.25) is 6.10 Å². The third kappa shape index (κ3) is 6.01. The van der Waals surface area contributed by atoms with Gasteiger partial charge in [-0.3, -0.25) is 20.4 Å². The fourth-order valence-corrected chi connectivity index (χ4v) is 3.03.